The molecule has 2 heterocycles. The second kappa shape index (κ2) is 6.55. The summed E-state index contributed by atoms with van der Waals surface area (Å²) in [5.41, 5.74) is 0. The molecule has 3 nitrogen and oxygen atoms in total. The number of hydrogen-bond donors (Lipinski definition) is 1. The fourth-order valence-electron chi connectivity index (χ4n) is 3.44. The second-order valence-corrected chi connectivity index (χ2v) is 6.98. The lowest BCUT2D eigenvalue weighted by Crippen LogP contribution is -2.35. The first-order chi connectivity index (χ1) is 9.29. The average Bonchev–Trinajstić information content (AvgIpc) is 3.16. The van der Waals surface area contributed by atoms with E-state index >= 15 is 0 Å². The van der Waals surface area contributed by atoms with E-state index in [1.165, 1.54) is 64.6 Å². The van der Waals surface area contributed by atoms with E-state index in [-0.39, 0.29) is 0 Å². The molecule has 3 heteroatoms. The number of hydrogen-bond acceptors (Lipinski definition) is 3. The van der Waals surface area contributed by atoms with Crippen LogP contribution in [-0.2, 0) is 4.74 Å². The molecule has 0 amide bonds. The number of nitrogens with zero attached hydrogens (tertiary/aromatic N) is 1. The van der Waals surface area contributed by atoms with Crippen LogP contribution in [0, 0.1) is 5.92 Å². The van der Waals surface area contributed by atoms with Crippen LogP contribution in [0.25, 0.3) is 0 Å². The van der Waals surface area contributed by atoms with Crippen molar-refractivity contribution in [2.45, 2.75) is 70.1 Å². The number of ether oxygens (including phenoxy) is 1. The molecule has 0 radical (unpaired) electrons. The minimum Gasteiger partial charge on any atom is -0.372 e. The molecule has 110 valence electrons. The topological polar surface area (TPSA) is 24.5 Å². The van der Waals surface area contributed by atoms with Crippen LogP contribution in [0.2, 0.25) is 0 Å². The quantitative estimate of drug-likeness (QED) is 0.827. The lowest BCUT2D eigenvalue weighted by molar-refractivity contribution is 0.0237. The summed E-state index contributed by atoms with van der Waals surface area (Å²) in [5, 5.41) is 3.60. The molecule has 3 unspecified atom stereocenters. The highest BCUT2D eigenvalue weighted by atomic mass is 16.5. The summed E-state index contributed by atoms with van der Waals surface area (Å²) in [7, 11) is 0. The van der Waals surface area contributed by atoms with Crippen molar-refractivity contribution in [3.8, 4) is 0 Å². The van der Waals surface area contributed by atoms with Crippen molar-refractivity contribution in [1.82, 2.24) is 10.2 Å². The van der Waals surface area contributed by atoms with Gasteiger partial charge in [-0.05, 0) is 64.0 Å². The maximum Gasteiger partial charge on any atom is 0.0707 e. The van der Waals surface area contributed by atoms with Gasteiger partial charge in [0.05, 0.1) is 12.2 Å². The van der Waals surface area contributed by atoms with Crippen LogP contribution in [-0.4, -0.2) is 49.3 Å². The van der Waals surface area contributed by atoms with Gasteiger partial charge in [0.2, 0.25) is 0 Å². The Balaban J connectivity index is 1.35. The Kier molecular flexibility index (Phi) is 4.78. The standard InChI is InChI=1S/C16H30N2O/c1-13-3-2-9-18(10-8-13)12-16-7-6-15(19-16)11-17-14-4-5-14/h13-17H,2-12H2,1H3. The highest BCUT2D eigenvalue weighted by Crippen LogP contribution is 2.24. The van der Waals surface area contributed by atoms with E-state index < -0.39 is 0 Å². The van der Waals surface area contributed by atoms with Gasteiger partial charge in [-0.3, -0.25) is 0 Å². The average molecular weight is 266 g/mol. The molecule has 0 spiro atoms. The molecule has 2 saturated heterocycles. The molecule has 3 rings (SSSR count). The Bertz CT molecular complexity index is 280. The zero-order valence-corrected chi connectivity index (χ0v) is 12.4. The molecule has 3 aliphatic rings. The molecule has 3 atom stereocenters. The van der Waals surface area contributed by atoms with Crippen LogP contribution in [0.4, 0.5) is 0 Å². The Morgan fingerprint density at radius 2 is 1.84 bits per heavy atom. The SMILES string of the molecule is CC1CCCN(CC2CCC(CNC3CC3)O2)CC1. The first-order valence-corrected chi connectivity index (χ1v) is 8.41. The number of likely N-dealkylation sites (tertiary alicyclic amines) is 1. The monoisotopic (exact) mass is 266 g/mol. The van der Waals surface area contributed by atoms with Crippen LogP contribution >= 0.6 is 0 Å². The summed E-state index contributed by atoms with van der Waals surface area (Å²) in [4.78, 5) is 2.64. The number of rotatable bonds is 5. The van der Waals surface area contributed by atoms with E-state index in [2.05, 4.69) is 17.1 Å². The normalized spacial score (nSPS) is 37.4. The molecule has 0 aromatic rings. The third-order valence-corrected chi connectivity index (χ3v) is 4.98. The van der Waals surface area contributed by atoms with Crippen molar-refractivity contribution in [2.24, 2.45) is 5.92 Å². The fourth-order valence-corrected chi connectivity index (χ4v) is 3.44. The van der Waals surface area contributed by atoms with Crippen LogP contribution in [0.1, 0.15) is 51.9 Å². The summed E-state index contributed by atoms with van der Waals surface area (Å²) >= 11 is 0. The highest BCUT2D eigenvalue weighted by Gasteiger charge is 2.29. The largest absolute Gasteiger partial charge is 0.372 e. The summed E-state index contributed by atoms with van der Waals surface area (Å²) < 4.78 is 6.21. The minimum absolute atomic E-state index is 0.483. The van der Waals surface area contributed by atoms with Crippen molar-refractivity contribution in [3.05, 3.63) is 0 Å². The summed E-state index contributed by atoms with van der Waals surface area (Å²) in [6, 6.07) is 0.815. The molecular formula is C16H30N2O. The Hall–Kier alpha value is -0.120. The molecule has 19 heavy (non-hydrogen) atoms. The highest BCUT2D eigenvalue weighted by molar-refractivity contribution is 4.85. The van der Waals surface area contributed by atoms with Crippen LogP contribution < -0.4 is 5.32 Å². The molecular weight excluding hydrogens is 236 g/mol. The third-order valence-electron chi connectivity index (χ3n) is 4.98. The predicted octanol–water partition coefficient (Wildman–Crippen LogP) is 2.41. The van der Waals surface area contributed by atoms with Crippen molar-refractivity contribution in [1.29, 1.82) is 0 Å². The van der Waals surface area contributed by atoms with Gasteiger partial charge < -0.3 is 15.0 Å². The molecule has 1 saturated carbocycles. The van der Waals surface area contributed by atoms with E-state index in [4.69, 9.17) is 4.74 Å². The first kappa shape index (κ1) is 13.8. The summed E-state index contributed by atoms with van der Waals surface area (Å²) in [6.07, 6.45) is 10.4. The van der Waals surface area contributed by atoms with E-state index in [9.17, 15) is 0 Å². The predicted molar refractivity (Wildman–Crippen MR) is 78.4 cm³/mol. The lowest BCUT2D eigenvalue weighted by atomic mass is 10.0. The first-order valence-electron chi connectivity index (χ1n) is 8.41. The maximum absolute atomic E-state index is 6.21. The molecule has 3 fully saturated rings. The van der Waals surface area contributed by atoms with E-state index in [1.807, 2.05) is 0 Å². The summed E-state index contributed by atoms with van der Waals surface area (Å²) in [6.45, 7) is 7.22. The third kappa shape index (κ3) is 4.44. The van der Waals surface area contributed by atoms with Gasteiger partial charge in [-0.2, -0.15) is 0 Å². The maximum atomic E-state index is 6.21. The van der Waals surface area contributed by atoms with Gasteiger partial charge in [0.1, 0.15) is 0 Å². The van der Waals surface area contributed by atoms with Crippen LogP contribution in [0.15, 0.2) is 0 Å². The van der Waals surface area contributed by atoms with Crippen molar-refractivity contribution < 1.29 is 4.74 Å². The van der Waals surface area contributed by atoms with Gasteiger partial charge >= 0.3 is 0 Å². The lowest BCUT2D eigenvalue weighted by Gasteiger charge is -2.24. The van der Waals surface area contributed by atoms with Gasteiger partial charge in [0.25, 0.3) is 0 Å². The Morgan fingerprint density at radius 1 is 1.00 bits per heavy atom. The molecule has 1 aliphatic carbocycles. The minimum atomic E-state index is 0.483. The molecule has 0 aromatic heterocycles. The van der Waals surface area contributed by atoms with Crippen LogP contribution in [0.5, 0.6) is 0 Å². The van der Waals surface area contributed by atoms with E-state index in [1.54, 1.807) is 0 Å². The van der Waals surface area contributed by atoms with Gasteiger partial charge in [0, 0.05) is 19.1 Å². The van der Waals surface area contributed by atoms with Gasteiger partial charge in [0.15, 0.2) is 0 Å². The fraction of sp³-hybridized carbons (Fsp3) is 1.00. The second-order valence-electron chi connectivity index (χ2n) is 6.98. The van der Waals surface area contributed by atoms with Gasteiger partial charge in [-0.15, -0.1) is 0 Å². The van der Waals surface area contributed by atoms with Crippen molar-refractivity contribution in [2.75, 3.05) is 26.2 Å². The Labute approximate surface area is 118 Å². The molecule has 1 N–H and O–H groups in total. The van der Waals surface area contributed by atoms with E-state index in [0.717, 1.165) is 18.5 Å². The summed E-state index contributed by atoms with van der Waals surface area (Å²) in [5.74, 6) is 0.921. The smallest absolute Gasteiger partial charge is 0.0707 e. The Morgan fingerprint density at radius 3 is 2.68 bits per heavy atom. The van der Waals surface area contributed by atoms with Gasteiger partial charge in [-0.25, -0.2) is 0 Å². The van der Waals surface area contributed by atoms with Gasteiger partial charge in [-0.1, -0.05) is 6.92 Å². The van der Waals surface area contributed by atoms with E-state index in [0.29, 0.717) is 12.2 Å². The molecule has 0 bridgehead atoms. The zero-order chi connectivity index (χ0) is 13.1. The zero-order valence-electron chi connectivity index (χ0n) is 12.4. The molecule has 2 aliphatic heterocycles. The number of nitrogens with one attached hydrogen (secondary N) is 1. The van der Waals surface area contributed by atoms with Crippen LogP contribution in [0.3, 0.4) is 0 Å². The van der Waals surface area contributed by atoms with Crippen molar-refractivity contribution >= 4 is 0 Å². The van der Waals surface area contributed by atoms with Crippen molar-refractivity contribution in [3.63, 3.8) is 0 Å². The molecule has 0 aromatic carbocycles.